The molecule has 2 unspecified atom stereocenters. The van der Waals surface area contributed by atoms with Crippen molar-refractivity contribution in [3.8, 4) is 0 Å². The Balaban J connectivity index is 1.93. The van der Waals surface area contributed by atoms with Crippen molar-refractivity contribution >= 4 is 11.8 Å². The molecule has 2 rings (SSSR count). The predicted octanol–water partition coefficient (Wildman–Crippen LogP) is 3.08. The molecule has 0 amide bonds. The Kier molecular flexibility index (Phi) is 6.66. The lowest BCUT2D eigenvalue weighted by atomic mass is 9.78. The number of ether oxygens (including phenoxy) is 2. The molecule has 0 bridgehead atoms. The van der Waals surface area contributed by atoms with Crippen LogP contribution >= 0.6 is 11.8 Å². The lowest BCUT2D eigenvalue weighted by Crippen LogP contribution is -2.50. The van der Waals surface area contributed by atoms with E-state index in [4.69, 9.17) is 9.47 Å². The summed E-state index contributed by atoms with van der Waals surface area (Å²) in [7, 11) is 0. The van der Waals surface area contributed by atoms with Gasteiger partial charge in [0.05, 0.1) is 18.3 Å². The lowest BCUT2D eigenvalue weighted by molar-refractivity contribution is -0.111. The van der Waals surface area contributed by atoms with Crippen LogP contribution in [-0.2, 0) is 9.47 Å². The minimum absolute atomic E-state index is 0.180. The van der Waals surface area contributed by atoms with Gasteiger partial charge in [-0.1, -0.05) is 6.92 Å². The molecule has 118 valence electrons. The Hall–Kier alpha value is 0.230. The first-order chi connectivity index (χ1) is 9.65. The third-order valence-corrected chi connectivity index (χ3v) is 5.57. The highest BCUT2D eigenvalue weighted by molar-refractivity contribution is 7.99. The van der Waals surface area contributed by atoms with Gasteiger partial charge in [0.15, 0.2) is 0 Å². The summed E-state index contributed by atoms with van der Waals surface area (Å²) < 4.78 is 12.1. The molecule has 0 aromatic carbocycles. The summed E-state index contributed by atoms with van der Waals surface area (Å²) in [6.07, 6.45) is 5.17. The van der Waals surface area contributed by atoms with Gasteiger partial charge in [0.1, 0.15) is 0 Å². The van der Waals surface area contributed by atoms with Gasteiger partial charge in [-0.2, -0.15) is 11.8 Å². The minimum atomic E-state index is 0.180. The van der Waals surface area contributed by atoms with Crippen LogP contribution in [0.5, 0.6) is 0 Å². The largest absolute Gasteiger partial charge is 0.377 e. The quantitative estimate of drug-likeness (QED) is 0.817. The molecule has 0 radical (unpaired) electrons. The molecule has 2 aliphatic heterocycles. The molecule has 0 aliphatic carbocycles. The number of hydrogen-bond donors (Lipinski definition) is 1. The zero-order chi connectivity index (χ0) is 14.4. The number of nitrogens with one attached hydrogen (secondary N) is 1. The van der Waals surface area contributed by atoms with Crippen LogP contribution in [-0.4, -0.2) is 49.0 Å². The summed E-state index contributed by atoms with van der Waals surface area (Å²) in [4.78, 5) is 0. The number of hydrogen-bond acceptors (Lipinski definition) is 4. The fraction of sp³-hybridized carbons (Fsp3) is 1.00. The molecule has 2 aliphatic rings. The van der Waals surface area contributed by atoms with E-state index in [1.807, 2.05) is 0 Å². The topological polar surface area (TPSA) is 30.5 Å². The standard InChI is InChI=1S/C16H31NO2S/c1-4-17-15(12-18-13(2)3)14-5-8-19-16(11-14)6-9-20-10-7-16/h13-15,17H,4-12H2,1-3H3. The van der Waals surface area contributed by atoms with Crippen LogP contribution in [0.1, 0.15) is 46.5 Å². The van der Waals surface area contributed by atoms with Crippen molar-refractivity contribution < 1.29 is 9.47 Å². The molecule has 2 heterocycles. The molecule has 0 aromatic heterocycles. The van der Waals surface area contributed by atoms with Gasteiger partial charge in [-0.3, -0.25) is 0 Å². The van der Waals surface area contributed by atoms with Gasteiger partial charge in [0.25, 0.3) is 0 Å². The van der Waals surface area contributed by atoms with Crippen molar-refractivity contribution in [2.45, 2.75) is 64.2 Å². The minimum Gasteiger partial charge on any atom is -0.377 e. The summed E-state index contributed by atoms with van der Waals surface area (Å²) in [5, 5.41) is 3.64. The molecule has 0 saturated carbocycles. The maximum absolute atomic E-state index is 6.21. The zero-order valence-corrected chi connectivity index (χ0v) is 14.1. The first-order valence-electron chi connectivity index (χ1n) is 8.22. The average molecular weight is 301 g/mol. The van der Waals surface area contributed by atoms with Gasteiger partial charge < -0.3 is 14.8 Å². The second-order valence-electron chi connectivity index (χ2n) is 6.44. The molecule has 4 heteroatoms. The normalized spacial score (nSPS) is 27.9. The second kappa shape index (κ2) is 8.02. The molecule has 20 heavy (non-hydrogen) atoms. The summed E-state index contributed by atoms with van der Waals surface area (Å²) in [6.45, 7) is 9.21. The molecule has 1 N–H and O–H groups in total. The SMILES string of the molecule is CCNC(COC(C)C)C1CCOC2(CCSCC2)C1. The van der Waals surface area contributed by atoms with Gasteiger partial charge in [-0.15, -0.1) is 0 Å². The van der Waals surface area contributed by atoms with Crippen LogP contribution in [0.3, 0.4) is 0 Å². The zero-order valence-electron chi connectivity index (χ0n) is 13.3. The van der Waals surface area contributed by atoms with E-state index in [2.05, 4.69) is 37.8 Å². The highest BCUT2D eigenvalue weighted by Gasteiger charge is 2.40. The molecular weight excluding hydrogens is 270 g/mol. The Bertz CT molecular complexity index is 274. The smallest absolute Gasteiger partial charge is 0.0701 e. The van der Waals surface area contributed by atoms with E-state index in [-0.39, 0.29) is 5.60 Å². The third kappa shape index (κ3) is 4.62. The van der Waals surface area contributed by atoms with Crippen molar-refractivity contribution in [1.29, 1.82) is 0 Å². The van der Waals surface area contributed by atoms with Crippen LogP contribution in [0.4, 0.5) is 0 Å². The lowest BCUT2D eigenvalue weighted by Gasteiger charge is -2.45. The molecule has 2 saturated heterocycles. The highest BCUT2D eigenvalue weighted by atomic mass is 32.2. The van der Waals surface area contributed by atoms with Crippen LogP contribution in [0.25, 0.3) is 0 Å². The average Bonchev–Trinajstić information content (AvgIpc) is 2.44. The second-order valence-corrected chi connectivity index (χ2v) is 7.67. The summed E-state index contributed by atoms with van der Waals surface area (Å²) in [5.41, 5.74) is 0.180. The van der Waals surface area contributed by atoms with Gasteiger partial charge in [0, 0.05) is 12.6 Å². The Morgan fingerprint density at radius 2 is 2.10 bits per heavy atom. The Labute approximate surface area is 128 Å². The van der Waals surface area contributed by atoms with Crippen molar-refractivity contribution in [3.05, 3.63) is 0 Å². The molecule has 0 aromatic rings. The highest BCUT2D eigenvalue weighted by Crippen LogP contribution is 2.40. The van der Waals surface area contributed by atoms with Crippen LogP contribution in [0, 0.1) is 5.92 Å². The Morgan fingerprint density at radius 3 is 2.75 bits per heavy atom. The van der Waals surface area contributed by atoms with Crippen molar-refractivity contribution in [3.63, 3.8) is 0 Å². The molecule has 2 fully saturated rings. The van der Waals surface area contributed by atoms with Crippen LogP contribution in [0.15, 0.2) is 0 Å². The van der Waals surface area contributed by atoms with Gasteiger partial charge in [0.2, 0.25) is 0 Å². The monoisotopic (exact) mass is 301 g/mol. The van der Waals surface area contributed by atoms with Gasteiger partial charge in [-0.25, -0.2) is 0 Å². The number of likely N-dealkylation sites (N-methyl/N-ethyl adjacent to an activating group) is 1. The van der Waals surface area contributed by atoms with Crippen LogP contribution < -0.4 is 5.32 Å². The summed E-state index contributed by atoms with van der Waals surface area (Å²) >= 11 is 2.08. The first-order valence-corrected chi connectivity index (χ1v) is 9.37. The van der Waals surface area contributed by atoms with Crippen molar-refractivity contribution in [2.24, 2.45) is 5.92 Å². The molecule has 3 nitrogen and oxygen atoms in total. The predicted molar refractivity (Wildman–Crippen MR) is 86.5 cm³/mol. The summed E-state index contributed by atoms with van der Waals surface area (Å²) in [6, 6.07) is 0.484. The van der Waals surface area contributed by atoms with Crippen molar-refractivity contribution in [1.82, 2.24) is 5.32 Å². The fourth-order valence-corrected chi connectivity index (χ4v) is 4.66. The van der Waals surface area contributed by atoms with E-state index < -0.39 is 0 Å². The molecular formula is C16H31NO2S. The van der Waals surface area contributed by atoms with Gasteiger partial charge in [-0.05, 0) is 63.5 Å². The summed E-state index contributed by atoms with van der Waals surface area (Å²) in [5.74, 6) is 3.23. The van der Waals surface area contributed by atoms with Crippen molar-refractivity contribution in [2.75, 3.05) is 31.3 Å². The maximum atomic E-state index is 6.21. The van der Waals surface area contributed by atoms with E-state index in [1.165, 1.54) is 37.2 Å². The maximum Gasteiger partial charge on any atom is 0.0701 e. The number of thioether (sulfide) groups is 1. The number of rotatable bonds is 6. The van der Waals surface area contributed by atoms with Gasteiger partial charge >= 0.3 is 0 Å². The Morgan fingerprint density at radius 1 is 1.35 bits per heavy atom. The van der Waals surface area contributed by atoms with E-state index in [1.54, 1.807) is 0 Å². The van der Waals surface area contributed by atoms with E-state index in [0.717, 1.165) is 19.8 Å². The third-order valence-electron chi connectivity index (χ3n) is 4.58. The fourth-order valence-electron chi connectivity index (χ4n) is 3.42. The molecule has 2 atom stereocenters. The first kappa shape index (κ1) is 16.6. The van der Waals surface area contributed by atoms with E-state index in [9.17, 15) is 0 Å². The van der Waals surface area contributed by atoms with Crippen LogP contribution in [0.2, 0.25) is 0 Å². The van der Waals surface area contributed by atoms with E-state index >= 15 is 0 Å². The molecule has 1 spiro atoms. The van der Waals surface area contributed by atoms with E-state index in [0.29, 0.717) is 18.1 Å².